The first kappa shape index (κ1) is 12.4. The van der Waals surface area contributed by atoms with Crippen molar-refractivity contribution < 1.29 is 19.4 Å². The molecular formula is C8H14N2O4. The number of amides is 2. The summed E-state index contributed by atoms with van der Waals surface area (Å²) in [6.45, 7) is 4.43. The highest BCUT2D eigenvalue weighted by molar-refractivity contribution is 5.86. The third kappa shape index (κ3) is 4.46. The van der Waals surface area contributed by atoms with Crippen LogP contribution >= 0.6 is 0 Å². The van der Waals surface area contributed by atoms with Crippen LogP contribution in [0.3, 0.4) is 0 Å². The van der Waals surface area contributed by atoms with Gasteiger partial charge in [0, 0.05) is 5.57 Å². The lowest BCUT2D eigenvalue weighted by molar-refractivity contribution is -0.139. The van der Waals surface area contributed by atoms with Crippen molar-refractivity contribution in [3.63, 3.8) is 0 Å². The molecule has 0 spiro atoms. The van der Waals surface area contributed by atoms with Crippen LogP contribution < -0.4 is 5.73 Å². The van der Waals surface area contributed by atoms with Crippen molar-refractivity contribution in [2.24, 2.45) is 5.73 Å². The molecule has 0 bridgehead atoms. The minimum Gasteiger partial charge on any atom is -0.460 e. The van der Waals surface area contributed by atoms with Crippen LogP contribution in [0.25, 0.3) is 0 Å². The largest absolute Gasteiger partial charge is 0.460 e. The van der Waals surface area contributed by atoms with E-state index >= 15 is 0 Å². The Hall–Kier alpha value is -1.56. The predicted octanol–water partition coefficient (Wildman–Crippen LogP) is -0.564. The van der Waals surface area contributed by atoms with Gasteiger partial charge in [-0.25, -0.2) is 9.59 Å². The second kappa shape index (κ2) is 5.98. The minimum atomic E-state index is -0.765. The highest BCUT2D eigenvalue weighted by atomic mass is 16.5. The molecular weight excluding hydrogens is 188 g/mol. The van der Waals surface area contributed by atoms with Crippen molar-refractivity contribution in [3.05, 3.63) is 12.2 Å². The summed E-state index contributed by atoms with van der Waals surface area (Å²) in [4.78, 5) is 22.4. The van der Waals surface area contributed by atoms with E-state index in [1.807, 2.05) is 0 Å². The van der Waals surface area contributed by atoms with Gasteiger partial charge in [-0.3, -0.25) is 4.90 Å². The Bertz CT molecular complexity index is 239. The first-order valence-electron chi connectivity index (χ1n) is 3.97. The maximum Gasteiger partial charge on any atom is 0.333 e. The van der Waals surface area contributed by atoms with Crippen LogP contribution in [0.1, 0.15) is 6.92 Å². The number of carbonyl (C=O) groups is 2. The SMILES string of the molecule is C=C(C)C(=O)OCCN(CO)C(N)=O. The molecule has 0 aromatic carbocycles. The van der Waals surface area contributed by atoms with Gasteiger partial charge in [-0.1, -0.05) is 6.58 Å². The van der Waals surface area contributed by atoms with Crippen LogP contribution in [0, 0.1) is 0 Å². The van der Waals surface area contributed by atoms with Gasteiger partial charge in [0.2, 0.25) is 0 Å². The number of hydrogen-bond acceptors (Lipinski definition) is 4. The van der Waals surface area contributed by atoms with Gasteiger partial charge in [-0.15, -0.1) is 0 Å². The Morgan fingerprint density at radius 2 is 2.14 bits per heavy atom. The van der Waals surface area contributed by atoms with Crippen LogP contribution in [0.15, 0.2) is 12.2 Å². The number of hydrogen-bond donors (Lipinski definition) is 2. The van der Waals surface area contributed by atoms with E-state index in [2.05, 4.69) is 11.3 Å². The quantitative estimate of drug-likeness (QED) is 0.355. The van der Waals surface area contributed by atoms with Gasteiger partial charge >= 0.3 is 12.0 Å². The highest BCUT2D eigenvalue weighted by Gasteiger charge is 2.09. The number of ether oxygens (including phenoxy) is 1. The second-order valence-electron chi connectivity index (χ2n) is 2.66. The van der Waals surface area contributed by atoms with E-state index in [9.17, 15) is 9.59 Å². The Labute approximate surface area is 81.9 Å². The molecule has 0 atom stereocenters. The summed E-state index contributed by atoms with van der Waals surface area (Å²) >= 11 is 0. The highest BCUT2D eigenvalue weighted by Crippen LogP contribution is 1.93. The fourth-order valence-electron chi connectivity index (χ4n) is 0.622. The zero-order valence-electron chi connectivity index (χ0n) is 8.02. The first-order valence-corrected chi connectivity index (χ1v) is 3.97. The summed E-state index contributed by atoms with van der Waals surface area (Å²) in [5.41, 5.74) is 5.17. The monoisotopic (exact) mass is 202 g/mol. The summed E-state index contributed by atoms with van der Waals surface area (Å²) in [5, 5.41) is 8.64. The average molecular weight is 202 g/mol. The Morgan fingerprint density at radius 3 is 2.50 bits per heavy atom. The molecule has 2 amide bonds. The number of aliphatic hydroxyl groups excluding tert-OH is 1. The third-order valence-electron chi connectivity index (χ3n) is 1.43. The van der Waals surface area contributed by atoms with E-state index in [1.54, 1.807) is 0 Å². The summed E-state index contributed by atoms with van der Waals surface area (Å²) < 4.78 is 4.69. The standard InChI is InChI=1S/C8H14N2O4/c1-6(2)7(12)14-4-3-10(5-11)8(9)13/h11H,1,3-5H2,2H3,(H2,9,13). The van der Waals surface area contributed by atoms with E-state index in [1.165, 1.54) is 6.92 Å². The van der Waals surface area contributed by atoms with Gasteiger partial charge in [0.05, 0.1) is 6.54 Å². The predicted molar refractivity (Wildman–Crippen MR) is 49.1 cm³/mol. The van der Waals surface area contributed by atoms with Crippen molar-refractivity contribution in [3.8, 4) is 0 Å². The van der Waals surface area contributed by atoms with Crippen LogP contribution in [0.4, 0.5) is 4.79 Å². The lowest BCUT2D eigenvalue weighted by Crippen LogP contribution is -2.39. The molecule has 6 heteroatoms. The number of aliphatic hydroxyl groups is 1. The first-order chi connectivity index (χ1) is 6.49. The lowest BCUT2D eigenvalue weighted by Gasteiger charge is -2.16. The zero-order chi connectivity index (χ0) is 11.1. The van der Waals surface area contributed by atoms with Gasteiger partial charge in [0.1, 0.15) is 13.3 Å². The van der Waals surface area contributed by atoms with Crippen molar-refractivity contribution in [2.45, 2.75) is 6.92 Å². The normalized spacial score (nSPS) is 9.29. The second-order valence-corrected chi connectivity index (χ2v) is 2.66. The Morgan fingerprint density at radius 1 is 1.57 bits per heavy atom. The molecule has 0 heterocycles. The molecule has 0 unspecified atom stereocenters. The maximum absolute atomic E-state index is 10.9. The smallest absolute Gasteiger partial charge is 0.333 e. The minimum absolute atomic E-state index is 0.0187. The number of rotatable bonds is 5. The van der Waals surface area contributed by atoms with Gasteiger partial charge < -0.3 is 15.6 Å². The van der Waals surface area contributed by atoms with E-state index < -0.39 is 18.7 Å². The van der Waals surface area contributed by atoms with Crippen molar-refractivity contribution in [1.82, 2.24) is 4.90 Å². The number of nitrogens with zero attached hydrogens (tertiary/aromatic N) is 1. The zero-order valence-corrected chi connectivity index (χ0v) is 8.02. The Balaban J connectivity index is 3.77. The molecule has 0 saturated heterocycles. The number of nitrogens with two attached hydrogens (primary N) is 1. The molecule has 3 N–H and O–H groups in total. The van der Waals surface area contributed by atoms with Gasteiger partial charge in [0.15, 0.2) is 0 Å². The molecule has 0 aliphatic rings. The van der Waals surface area contributed by atoms with E-state index in [-0.39, 0.29) is 18.7 Å². The summed E-state index contributed by atoms with van der Waals surface area (Å²) in [7, 11) is 0. The average Bonchev–Trinajstić information content (AvgIpc) is 2.11. The van der Waals surface area contributed by atoms with Gasteiger partial charge in [-0.2, -0.15) is 0 Å². The molecule has 0 aromatic heterocycles. The van der Waals surface area contributed by atoms with Crippen LogP contribution in [0.2, 0.25) is 0 Å². The molecule has 0 radical (unpaired) electrons. The van der Waals surface area contributed by atoms with E-state index in [4.69, 9.17) is 10.8 Å². The van der Waals surface area contributed by atoms with Gasteiger partial charge in [0.25, 0.3) is 0 Å². The Kier molecular flexibility index (Phi) is 5.31. The molecule has 0 aromatic rings. The summed E-state index contributed by atoms with van der Waals surface area (Å²) in [6, 6.07) is -0.765. The van der Waals surface area contributed by atoms with Gasteiger partial charge in [-0.05, 0) is 6.92 Å². The molecule has 0 aliphatic carbocycles. The van der Waals surface area contributed by atoms with Crippen molar-refractivity contribution in [1.29, 1.82) is 0 Å². The van der Waals surface area contributed by atoms with Crippen molar-refractivity contribution in [2.75, 3.05) is 19.9 Å². The molecule has 80 valence electrons. The summed E-state index contributed by atoms with van der Waals surface area (Å²) in [5.74, 6) is -0.535. The van der Waals surface area contributed by atoms with E-state index in [0.29, 0.717) is 0 Å². The molecule has 0 rings (SSSR count). The van der Waals surface area contributed by atoms with Crippen LogP contribution in [-0.4, -0.2) is 41.9 Å². The number of carbonyl (C=O) groups excluding carboxylic acids is 2. The number of primary amides is 1. The summed E-state index contributed by atoms with van der Waals surface area (Å²) in [6.07, 6.45) is 0. The third-order valence-corrected chi connectivity index (χ3v) is 1.43. The molecule has 14 heavy (non-hydrogen) atoms. The molecule has 0 aliphatic heterocycles. The van der Waals surface area contributed by atoms with Crippen LogP contribution in [0.5, 0.6) is 0 Å². The molecule has 0 fully saturated rings. The fraction of sp³-hybridized carbons (Fsp3) is 0.500. The van der Waals surface area contributed by atoms with E-state index in [0.717, 1.165) is 4.90 Å². The fourth-order valence-corrected chi connectivity index (χ4v) is 0.622. The maximum atomic E-state index is 10.9. The van der Waals surface area contributed by atoms with Crippen LogP contribution in [-0.2, 0) is 9.53 Å². The lowest BCUT2D eigenvalue weighted by atomic mass is 10.4. The topological polar surface area (TPSA) is 92.9 Å². The number of urea groups is 1. The van der Waals surface area contributed by atoms with Crippen molar-refractivity contribution >= 4 is 12.0 Å². The molecule has 0 saturated carbocycles. The molecule has 6 nitrogen and oxygen atoms in total. The number of esters is 1.